The van der Waals surface area contributed by atoms with E-state index in [1.54, 1.807) is 11.3 Å². The van der Waals surface area contributed by atoms with Gasteiger partial charge in [-0.3, -0.25) is 4.90 Å². The lowest BCUT2D eigenvalue weighted by Gasteiger charge is -2.28. The first-order chi connectivity index (χ1) is 10.8. The van der Waals surface area contributed by atoms with E-state index in [2.05, 4.69) is 10.6 Å². The molecule has 0 radical (unpaired) electrons. The lowest BCUT2D eigenvalue weighted by Crippen LogP contribution is -2.49. The molecule has 2 aromatic rings. The maximum atomic E-state index is 12.4. The summed E-state index contributed by atoms with van der Waals surface area (Å²) >= 11 is 1.59. The van der Waals surface area contributed by atoms with E-state index in [-0.39, 0.29) is 18.1 Å². The molecule has 0 bridgehead atoms. The first-order valence-corrected chi connectivity index (χ1v) is 8.48. The smallest absolute Gasteiger partial charge is 0.324 e. The van der Waals surface area contributed by atoms with E-state index in [1.807, 2.05) is 17.0 Å². The molecule has 0 aliphatic carbocycles. The van der Waals surface area contributed by atoms with Crippen LogP contribution in [-0.4, -0.2) is 42.8 Å². The minimum atomic E-state index is -0.0225. The third-order valence-electron chi connectivity index (χ3n) is 4.74. The molecule has 2 atom stereocenters. The number of nitrogens with zero attached hydrogens (tertiary/aromatic N) is 2. The summed E-state index contributed by atoms with van der Waals surface area (Å²) < 4.78 is 6.73. The minimum Gasteiger partial charge on any atom is -0.493 e. The highest BCUT2D eigenvalue weighted by molar-refractivity contribution is 7.22. The highest BCUT2D eigenvalue weighted by Gasteiger charge is 2.42. The van der Waals surface area contributed by atoms with Crippen LogP contribution in [0.2, 0.25) is 0 Å². The van der Waals surface area contributed by atoms with Gasteiger partial charge in [0.2, 0.25) is 0 Å². The number of anilines is 1. The van der Waals surface area contributed by atoms with Crippen LogP contribution < -0.4 is 20.3 Å². The number of urea groups is 1. The molecular weight excluding hydrogens is 300 g/mol. The number of piperidine rings is 1. The van der Waals surface area contributed by atoms with Gasteiger partial charge in [0, 0.05) is 18.5 Å². The van der Waals surface area contributed by atoms with Gasteiger partial charge in [-0.1, -0.05) is 11.3 Å². The monoisotopic (exact) mass is 316 g/mol. The van der Waals surface area contributed by atoms with Gasteiger partial charge in [-0.05, 0) is 25.1 Å². The topological polar surface area (TPSA) is 66.5 Å². The average molecular weight is 316 g/mol. The Kier molecular flexibility index (Phi) is 2.63. The van der Waals surface area contributed by atoms with Gasteiger partial charge in [-0.2, -0.15) is 0 Å². The molecule has 5 rings (SSSR count). The zero-order valence-corrected chi connectivity index (χ0v) is 12.8. The molecule has 0 unspecified atom stereocenters. The summed E-state index contributed by atoms with van der Waals surface area (Å²) in [5.74, 6) is 0.937. The standard InChI is InChI=1S/C15H16N4O2S/c20-14-17-9-3-5-16-7-10(9)19(14)15-18-13-8-4-6-21-11(8)1-2-12(13)22-15/h1-2,9-10,16H,3-7H2,(H,17,20)/t9-,10+/m0/s1. The van der Waals surface area contributed by atoms with Crippen LogP contribution in [0.4, 0.5) is 9.93 Å². The number of ether oxygens (including phenoxy) is 1. The fraction of sp³-hybridized carbons (Fsp3) is 0.467. The van der Waals surface area contributed by atoms with Crippen molar-refractivity contribution in [2.45, 2.75) is 24.9 Å². The van der Waals surface area contributed by atoms with Crippen molar-refractivity contribution in [3.63, 3.8) is 0 Å². The van der Waals surface area contributed by atoms with Gasteiger partial charge < -0.3 is 15.4 Å². The number of carbonyl (C=O) groups excluding carboxylic acids is 1. The first kappa shape index (κ1) is 12.7. The summed E-state index contributed by atoms with van der Waals surface area (Å²) in [7, 11) is 0. The molecule has 22 heavy (non-hydrogen) atoms. The fourth-order valence-electron chi connectivity index (χ4n) is 3.65. The number of nitrogens with one attached hydrogen (secondary N) is 2. The summed E-state index contributed by atoms with van der Waals surface area (Å²) in [6.07, 6.45) is 1.87. The van der Waals surface area contributed by atoms with Crippen molar-refractivity contribution < 1.29 is 9.53 Å². The molecule has 1 aromatic carbocycles. The van der Waals surface area contributed by atoms with E-state index in [9.17, 15) is 4.79 Å². The van der Waals surface area contributed by atoms with Gasteiger partial charge in [0.25, 0.3) is 0 Å². The van der Waals surface area contributed by atoms with Crippen molar-refractivity contribution in [2.75, 3.05) is 24.6 Å². The summed E-state index contributed by atoms with van der Waals surface area (Å²) in [6.45, 7) is 2.50. The number of rotatable bonds is 1. The Morgan fingerprint density at radius 1 is 1.41 bits per heavy atom. The minimum absolute atomic E-state index is 0.0225. The van der Waals surface area contributed by atoms with E-state index in [0.717, 1.165) is 53.6 Å². The maximum Gasteiger partial charge on any atom is 0.324 e. The van der Waals surface area contributed by atoms with Crippen molar-refractivity contribution in [3.8, 4) is 5.75 Å². The second kappa shape index (κ2) is 4.57. The predicted octanol–water partition coefficient (Wildman–Crippen LogP) is 1.49. The van der Waals surface area contributed by atoms with Crippen LogP contribution in [0.25, 0.3) is 10.2 Å². The number of thiazole rings is 1. The lowest BCUT2D eigenvalue weighted by molar-refractivity contribution is 0.250. The van der Waals surface area contributed by atoms with Crippen LogP contribution >= 0.6 is 11.3 Å². The molecule has 2 N–H and O–H groups in total. The Hall–Kier alpha value is -1.86. The van der Waals surface area contributed by atoms with Gasteiger partial charge in [0.1, 0.15) is 5.75 Å². The molecule has 1 aromatic heterocycles. The van der Waals surface area contributed by atoms with Crippen molar-refractivity contribution in [1.29, 1.82) is 0 Å². The van der Waals surface area contributed by atoms with Crippen molar-refractivity contribution in [1.82, 2.24) is 15.6 Å². The van der Waals surface area contributed by atoms with Crippen LogP contribution in [0.3, 0.4) is 0 Å². The van der Waals surface area contributed by atoms with Gasteiger partial charge in [-0.15, -0.1) is 0 Å². The van der Waals surface area contributed by atoms with Crippen molar-refractivity contribution in [3.05, 3.63) is 17.7 Å². The van der Waals surface area contributed by atoms with Crippen molar-refractivity contribution >= 4 is 32.7 Å². The summed E-state index contributed by atoms with van der Waals surface area (Å²) in [5.41, 5.74) is 2.17. The Morgan fingerprint density at radius 2 is 2.36 bits per heavy atom. The number of amides is 2. The van der Waals surface area contributed by atoms with E-state index in [4.69, 9.17) is 9.72 Å². The Bertz CT molecular complexity index is 774. The van der Waals surface area contributed by atoms with Gasteiger partial charge in [0.05, 0.1) is 28.9 Å². The second-order valence-electron chi connectivity index (χ2n) is 5.97. The molecule has 3 aliphatic heterocycles. The number of fused-ring (bicyclic) bond motifs is 4. The zero-order chi connectivity index (χ0) is 14.7. The number of carbonyl (C=O) groups is 1. The first-order valence-electron chi connectivity index (χ1n) is 7.67. The third kappa shape index (κ3) is 1.69. The van der Waals surface area contributed by atoms with Crippen LogP contribution in [0.5, 0.6) is 5.75 Å². The van der Waals surface area contributed by atoms with Crippen LogP contribution in [0.1, 0.15) is 12.0 Å². The molecule has 2 amide bonds. The molecule has 2 fully saturated rings. The SMILES string of the molecule is O=C1N[C@H]2CCNC[C@H]2N1c1nc2c3c(ccc2s1)OCC3. The van der Waals surface area contributed by atoms with Crippen molar-refractivity contribution in [2.24, 2.45) is 0 Å². The molecule has 2 saturated heterocycles. The summed E-state index contributed by atoms with van der Waals surface area (Å²) in [4.78, 5) is 19.0. The summed E-state index contributed by atoms with van der Waals surface area (Å²) in [6, 6.07) is 4.43. The van der Waals surface area contributed by atoms with E-state index < -0.39 is 0 Å². The highest BCUT2D eigenvalue weighted by atomic mass is 32.1. The fourth-order valence-corrected chi connectivity index (χ4v) is 4.70. The third-order valence-corrected chi connectivity index (χ3v) is 5.76. The number of aromatic nitrogens is 1. The largest absolute Gasteiger partial charge is 0.493 e. The van der Waals surface area contributed by atoms with Gasteiger partial charge >= 0.3 is 6.03 Å². The second-order valence-corrected chi connectivity index (χ2v) is 6.98. The number of hydrogen-bond donors (Lipinski definition) is 2. The molecular formula is C15H16N4O2S. The van der Waals surface area contributed by atoms with Gasteiger partial charge in [-0.25, -0.2) is 9.78 Å². The number of hydrogen-bond acceptors (Lipinski definition) is 5. The highest BCUT2D eigenvalue weighted by Crippen LogP contribution is 2.39. The average Bonchev–Trinajstić information content (AvgIpc) is 3.20. The van der Waals surface area contributed by atoms with E-state index in [1.165, 1.54) is 5.56 Å². The molecule has 7 heteroatoms. The molecule has 0 saturated carbocycles. The summed E-state index contributed by atoms with van der Waals surface area (Å²) in [5, 5.41) is 7.26. The van der Waals surface area contributed by atoms with Gasteiger partial charge in [0.15, 0.2) is 5.13 Å². The molecule has 4 heterocycles. The van der Waals surface area contributed by atoms with Crippen LogP contribution in [-0.2, 0) is 6.42 Å². The Morgan fingerprint density at radius 3 is 3.32 bits per heavy atom. The molecule has 0 spiro atoms. The van der Waals surface area contributed by atoms with Crippen LogP contribution in [0.15, 0.2) is 12.1 Å². The Labute approximate surface area is 131 Å². The maximum absolute atomic E-state index is 12.4. The normalized spacial score (nSPS) is 26.7. The van der Waals surface area contributed by atoms with Crippen LogP contribution in [0, 0.1) is 0 Å². The predicted molar refractivity (Wildman–Crippen MR) is 84.9 cm³/mol. The quantitative estimate of drug-likeness (QED) is 0.836. The van der Waals surface area contributed by atoms with E-state index in [0.29, 0.717) is 0 Å². The van der Waals surface area contributed by atoms with E-state index >= 15 is 0 Å². The Balaban J connectivity index is 1.60. The zero-order valence-electron chi connectivity index (χ0n) is 12.0. The molecule has 3 aliphatic rings. The lowest BCUT2D eigenvalue weighted by atomic mass is 10.0. The molecule has 114 valence electrons. The number of benzene rings is 1. The molecule has 6 nitrogen and oxygen atoms in total.